The third-order valence-corrected chi connectivity index (χ3v) is 21.8. The highest BCUT2D eigenvalue weighted by molar-refractivity contribution is 8.77. The zero-order valence-electron chi connectivity index (χ0n) is 36.6. The Morgan fingerprint density at radius 2 is 1.72 bits per heavy atom. The van der Waals surface area contributed by atoms with Gasteiger partial charge in [0.1, 0.15) is 30.0 Å². The highest BCUT2D eigenvalue weighted by Crippen LogP contribution is 2.69. The average molecular weight is 953 g/mol. The third kappa shape index (κ3) is 7.10. The molecule has 15 heteroatoms. The Bertz CT molecular complexity index is 2320. The summed E-state index contributed by atoms with van der Waals surface area (Å²) in [5.74, 6) is 0.925. The Labute approximate surface area is 390 Å². The van der Waals surface area contributed by atoms with Gasteiger partial charge in [-0.1, -0.05) is 68.7 Å². The van der Waals surface area contributed by atoms with Gasteiger partial charge in [0.15, 0.2) is 17.1 Å². The fourth-order valence-electron chi connectivity index (χ4n) is 12.4. The topological polar surface area (TPSA) is 179 Å². The first-order valence-electron chi connectivity index (χ1n) is 22.9. The van der Waals surface area contributed by atoms with E-state index in [-0.39, 0.29) is 88.3 Å². The lowest BCUT2D eigenvalue weighted by atomic mass is 9.56. The summed E-state index contributed by atoms with van der Waals surface area (Å²) >= 11 is 0. The molecule has 3 aromatic carbocycles. The predicted molar refractivity (Wildman–Crippen MR) is 255 cm³/mol. The van der Waals surface area contributed by atoms with Crippen LogP contribution in [0.2, 0.25) is 0 Å². The number of aliphatic hydroxyl groups is 4. The van der Waals surface area contributed by atoms with Gasteiger partial charge < -0.3 is 54.7 Å². The normalized spacial score (nSPS) is 32.4. The number of benzene rings is 3. The molecular formula is C49H60O11S4. The lowest BCUT2D eigenvalue weighted by molar-refractivity contribution is -0.112. The first-order valence-corrected chi connectivity index (χ1v) is 27.6. The highest BCUT2D eigenvalue weighted by Gasteiger charge is 2.62. The molecule has 1 saturated heterocycles. The van der Waals surface area contributed by atoms with Crippen LogP contribution < -0.4 is 18.9 Å². The Hall–Kier alpha value is -2.76. The first-order chi connectivity index (χ1) is 31.0. The molecule has 10 atom stereocenters. The summed E-state index contributed by atoms with van der Waals surface area (Å²) in [6, 6.07) is 8.95. The number of aromatic hydroxyl groups is 3. The minimum Gasteiger partial charge on any atom is -0.508 e. The highest BCUT2D eigenvalue weighted by atomic mass is 33.1. The van der Waals surface area contributed by atoms with Crippen molar-refractivity contribution in [1.29, 1.82) is 0 Å². The molecule has 10 bridgehead atoms. The van der Waals surface area contributed by atoms with E-state index in [0.29, 0.717) is 48.5 Å². The monoisotopic (exact) mass is 952 g/mol. The SMILES string of the molecule is COc1c(O)c(OCCC(C)C)cc(C23CCC4SSC5CC6CCC7c8cc(O)ccc8-c8c(OCCO)cc(c(c8C7(CO)CSSC7CCC(CO)C(=C75)C6)C4C2O)O3)c1O. The summed E-state index contributed by atoms with van der Waals surface area (Å²) in [7, 11) is 8.80. The minimum atomic E-state index is -1.52. The van der Waals surface area contributed by atoms with Gasteiger partial charge in [-0.15, -0.1) is 0 Å². The molecule has 5 heterocycles. The molecule has 2 fully saturated rings. The van der Waals surface area contributed by atoms with Crippen LogP contribution in [-0.2, 0) is 11.0 Å². The smallest absolute Gasteiger partial charge is 0.207 e. The first kappa shape index (κ1) is 45.0. The molecule has 3 aromatic rings. The average Bonchev–Trinajstić information content (AvgIpc) is 3.28. The second-order valence-electron chi connectivity index (χ2n) is 19.3. The van der Waals surface area contributed by atoms with Gasteiger partial charge in [-0.05, 0) is 116 Å². The molecule has 10 unspecified atom stereocenters. The van der Waals surface area contributed by atoms with E-state index in [2.05, 4.69) is 13.8 Å². The zero-order valence-corrected chi connectivity index (χ0v) is 39.9. The van der Waals surface area contributed by atoms with Crippen molar-refractivity contribution in [3.63, 3.8) is 0 Å². The fraction of sp³-hybridized carbons (Fsp3) is 0.592. The van der Waals surface area contributed by atoms with E-state index in [1.807, 2.05) is 50.6 Å². The Morgan fingerprint density at radius 1 is 0.891 bits per heavy atom. The largest absolute Gasteiger partial charge is 0.508 e. The molecule has 1 saturated carbocycles. The van der Waals surface area contributed by atoms with Gasteiger partial charge in [0.25, 0.3) is 0 Å². The minimum absolute atomic E-state index is 0.00480. The maximum absolute atomic E-state index is 13.4. The Morgan fingerprint density at radius 3 is 2.48 bits per heavy atom. The lowest BCUT2D eigenvalue weighted by Gasteiger charge is -2.55. The number of phenolic OH excluding ortho intramolecular Hbond substituents is 3. The number of hydrogen-bond donors (Lipinski definition) is 7. The number of rotatable bonds is 11. The van der Waals surface area contributed by atoms with Crippen molar-refractivity contribution in [2.45, 2.75) is 116 Å². The van der Waals surface area contributed by atoms with Crippen molar-refractivity contribution in [3.05, 3.63) is 63.7 Å². The van der Waals surface area contributed by atoms with E-state index in [9.17, 15) is 35.7 Å². The van der Waals surface area contributed by atoms with Gasteiger partial charge in [0, 0.05) is 68.1 Å². The van der Waals surface area contributed by atoms with Gasteiger partial charge in [-0.3, -0.25) is 0 Å². The molecule has 5 aliphatic heterocycles. The van der Waals surface area contributed by atoms with E-state index in [1.54, 1.807) is 22.9 Å². The van der Waals surface area contributed by atoms with Crippen molar-refractivity contribution < 1.29 is 54.7 Å². The third-order valence-electron chi connectivity index (χ3n) is 15.5. The number of methoxy groups -OCH3 is 1. The van der Waals surface area contributed by atoms with Crippen LogP contribution in [0.4, 0.5) is 0 Å². The maximum atomic E-state index is 13.4. The van der Waals surface area contributed by atoms with E-state index < -0.39 is 23.0 Å². The van der Waals surface area contributed by atoms with Gasteiger partial charge in [0.2, 0.25) is 11.5 Å². The van der Waals surface area contributed by atoms with Gasteiger partial charge in [0.05, 0.1) is 26.9 Å². The molecule has 0 spiro atoms. The quantitative estimate of drug-likeness (QED) is 0.0716. The van der Waals surface area contributed by atoms with Crippen molar-refractivity contribution in [1.82, 2.24) is 0 Å². The number of aliphatic hydroxyl groups excluding tert-OH is 4. The number of fused-ring (bicyclic) bond motifs is 4. The summed E-state index contributed by atoms with van der Waals surface area (Å²) in [5.41, 5.74) is 4.99. The number of hydrogen-bond acceptors (Lipinski definition) is 15. The zero-order chi connectivity index (χ0) is 44.7. The molecule has 0 aromatic heterocycles. The molecule has 4 aliphatic carbocycles. The van der Waals surface area contributed by atoms with Crippen LogP contribution in [0.15, 0.2) is 41.5 Å². The molecule has 346 valence electrons. The van der Waals surface area contributed by atoms with Crippen LogP contribution in [0.5, 0.6) is 40.2 Å². The van der Waals surface area contributed by atoms with Crippen LogP contribution in [0.3, 0.4) is 0 Å². The van der Waals surface area contributed by atoms with Crippen molar-refractivity contribution in [3.8, 4) is 51.4 Å². The van der Waals surface area contributed by atoms with Crippen molar-refractivity contribution in [2.75, 3.05) is 45.9 Å². The molecule has 7 N–H and O–H groups in total. The summed E-state index contributed by atoms with van der Waals surface area (Å²) in [5, 5.41) is 81.9. The summed E-state index contributed by atoms with van der Waals surface area (Å²) in [6.45, 7) is 4.18. The Balaban J connectivity index is 1.25. The lowest BCUT2D eigenvalue weighted by Crippen LogP contribution is -2.57. The fourth-order valence-corrected chi connectivity index (χ4v) is 19.7. The van der Waals surface area contributed by atoms with Crippen LogP contribution in [0.1, 0.15) is 106 Å². The van der Waals surface area contributed by atoms with Crippen LogP contribution in [0, 0.1) is 17.8 Å². The van der Waals surface area contributed by atoms with E-state index >= 15 is 0 Å². The number of ether oxygens (including phenoxy) is 4. The summed E-state index contributed by atoms with van der Waals surface area (Å²) in [4.78, 5) is 0. The molecule has 11 nitrogen and oxygen atoms in total. The molecular weight excluding hydrogens is 893 g/mol. The standard InChI is InChI=1S/C49H60O11S4/c1-24(2)11-14-58-35-19-32(44(54)46(57-3)45(35)55)49-12-10-37-42(47(49)56)41-34(60-49)20-33(59-15-13-50)39-28-7-6-27(53)18-30(28)31-8-4-25-16-29-26(21-51)5-9-36(40(29)38(17-25)64-63-37)62-61-23-48(31,22-52)43(39)41/h6-7,18-20,24-26,31,36-38,42,47,50-56H,4-5,8-17,21-23H2,1-3H3. The van der Waals surface area contributed by atoms with Gasteiger partial charge in [-0.2, -0.15) is 0 Å². The van der Waals surface area contributed by atoms with Crippen LogP contribution in [-0.4, -0.2) is 103 Å². The van der Waals surface area contributed by atoms with Crippen molar-refractivity contribution in [2.24, 2.45) is 17.8 Å². The van der Waals surface area contributed by atoms with E-state index in [1.165, 1.54) is 18.3 Å². The summed E-state index contributed by atoms with van der Waals surface area (Å²) in [6.07, 6.45) is 5.94. The predicted octanol–water partition coefficient (Wildman–Crippen LogP) is 8.91. The maximum Gasteiger partial charge on any atom is 0.207 e. The molecule has 12 rings (SSSR count). The second kappa shape index (κ2) is 17.7. The molecule has 64 heavy (non-hydrogen) atoms. The molecule has 0 radical (unpaired) electrons. The van der Waals surface area contributed by atoms with E-state index in [0.717, 1.165) is 72.8 Å². The number of phenols is 3. The Kier molecular flexibility index (Phi) is 12.5. The summed E-state index contributed by atoms with van der Waals surface area (Å²) < 4.78 is 25.7. The second-order valence-corrected chi connectivity index (χ2v) is 24.6. The van der Waals surface area contributed by atoms with Crippen LogP contribution in [0.25, 0.3) is 11.1 Å². The van der Waals surface area contributed by atoms with Crippen LogP contribution >= 0.6 is 43.2 Å². The molecule has 0 amide bonds. The van der Waals surface area contributed by atoms with Crippen molar-refractivity contribution >= 4 is 43.2 Å². The van der Waals surface area contributed by atoms with Gasteiger partial charge in [-0.25, -0.2) is 0 Å². The molecule has 9 aliphatic rings. The van der Waals surface area contributed by atoms with Gasteiger partial charge >= 0.3 is 0 Å². The van der Waals surface area contributed by atoms with E-state index in [4.69, 9.17) is 18.9 Å².